The van der Waals surface area contributed by atoms with Crippen LogP contribution in [0.2, 0.25) is 0 Å². The molecule has 1 aliphatic heterocycles. The number of carbonyl (C=O) groups is 2. The first-order chi connectivity index (χ1) is 11.3. The van der Waals surface area contributed by atoms with Gasteiger partial charge in [-0.1, -0.05) is 12.8 Å². The minimum atomic E-state index is -4.79. The van der Waals surface area contributed by atoms with Gasteiger partial charge in [-0.2, -0.15) is 0 Å². The largest absolute Gasteiger partial charge is 0.573 e. The monoisotopic (exact) mass is 345 g/mol. The summed E-state index contributed by atoms with van der Waals surface area (Å²) in [5.41, 5.74) is 0.0493. The zero-order chi connectivity index (χ0) is 17.6. The van der Waals surface area contributed by atoms with Crippen LogP contribution in [0.5, 0.6) is 5.75 Å². The van der Waals surface area contributed by atoms with Gasteiger partial charge in [-0.3, -0.25) is 4.79 Å². The van der Waals surface area contributed by atoms with Gasteiger partial charge >= 0.3 is 12.3 Å². The van der Waals surface area contributed by atoms with Gasteiger partial charge in [0, 0.05) is 13.1 Å². The molecule has 2 rings (SSSR count). The van der Waals surface area contributed by atoms with E-state index in [9.17, 15) is 22.8 Å². The van der Waals surface area contributed by atoms with Crippen LogP contribution in [0.15, 0.2) is 24.3 Å². The highest BCUT2D eigenvalue weighted by atomic mass is 19.4. The molecule has 5 nitrogen and oxygen atoms in total. The minimum absolute atomic E-state index is 0.0493. The Labute approximate surface area is 137 Å². The van der Waals surface area contributed by atoms with E-state index in [2.05, 4.69) is 4.74 Å². The highest BCUT2D eigenvalue weighted by Gasteiger charge is 2.31. The molecule has 1 aromatic rings. The Morgan fingerprint density at radius 1 is 1.00 bits per heavy atom. The fourth-order valence-corrected chi connectivity index (χ4v) is 2.41. The van der Waals surface area contributed by atoms with Crippen LogP contribution in [-0.4, -0.2) is 42.8 Å². The number of benzene rings is 1. The van der Waals surface area contributed by atoms with Crippen LogP contribution in [0.4, 0.5) is 13.2 Å². The Balaban J connectivity index is 1.84. The molecule has 0 N–H and O–H groups in total. The fraction of sp³-hybridized carbons (Fsp3) is 0.500. The van der Waals surface area contributed by atoms with Gasteiger partial charge in [-0.25, -0.2) is 4.79 Å². The lowest BCUT2D eigenvalue weighted by Gasteiger charge is -2.19. The van der Waals surface area contributed by atoms with Crippen LogP contribution < -0.4 is 4.74 Å². The van der Waals surface area contributed by atoms with E-state index >= 15 is 0 Å². The van der Waals surface area contributed by atoms with Gasteiger partial charge in [-0.15, -0.1) is 13.2 Å². The first-order valence-corrected chi connectivity index (χ1v) is 7.66. The number of hydrogen-bond donors (Lipinski definition) is 0. The van der Waals surface area contributed by atoms with Crippen molar-refractivity contribution >= 4 is 11.9 Å². The molecule has 0 aliphatic carbocycles. The summed E-state index contributed by atoms with van der Waals surface area (Å²) in [6.07, 6.45) is -0.770. The second kappa shape index (κ2) is 8.03. The predicted molar refractivity (Wildman–Crippen MR) is 78.5 cm³/mol. The lowest BCUT2D eigenvalue weighted by Crippen LogP contribution is -2.35. The van der Waals surface area contributed by atoms with Crippen molar-refractivity contribution in [3.63, 3.8) is 0 Å². The molecule has 1 aliphatic rings. The molecular weight excluding hydrogens is 327 g/mol. The third-order valence-electron chi connectivity index (χ3n) is 3.61. The molecule has 0 aromatic heterocycles. The van der Waals surface area contributed by atoms with Gasteiger partial charge in [0.15, 0.2) is 6.61 Å². The quantitative estimate of drug-likeness (QED) is 0.787. The fourth-order valence-electron chi connectivity index (χ4n) is 2.41. The Kier molecular flexibility index (Phi) is 6.05. The molecule has 0 radical (unpaired) electrons. The standard InChI is InChI=1S/C16H18F3NO4/c17-16(18,19)24-13-7-5-12(6-8-13)15(22)23-11-14(21)20-9-3-1-2-4-10-20/h5-8H,1-4,9-11H2. The van der Waals surface area contributed by atoms with Gasteiger partial charge in [-0.05, 0) is 37.1 Å². The van der Waals surface area contributed by atoms with Gasteiger partial charge < -0.3 is 14.4 Å². The van der Waals surface area contributed by atoms with Crippen molar-refractivity contribution in [1.29, 1.82) is 0 Å². The van der Waals surface area contributed by atoms with Crippen LogP contribution in [0, 0.1) is 0 Å². The van der Waals surface area contributed by atoms with Crippen molar-refractivity contribution in [2.75, 3.05) is 19.7 Å². The Morgan fingerprint density at radius 2 is 1.58 bits per heavy atom. The molecule has 0 saturated carbocycles. The first kappa shape index (κ1) is 18.1. The number of esters is 1. The normalized spacial score (nSPS) is 15.5. The van der Waals surface area contributed by atoms with E-state index in [0.29, 0.717) is 13.1 Å². The first-order valence-electron chi connectivity index (χ1n) is 7.66. The van der Waals surface area contributed by atoms with Crippen LogP contribution in [-0.2, 0) is 9.53 Å². The Bertz CT molecular complexity index is 564. The summed E-state index contributed by atoms with van der Waals surface area (Å²) >= 11 is 0. The number of ether oxygens (including phenoxy) is 2. The summed E-state index contributed by atoms with van der Waals surface area (Å²) in [7, 11) is 0. The van der Waals surface area contributed by atoms with E-state index in [0.717, 1.165) is 49.9 Å². The average molecular weight is 345 g/mol. The van der Waals surface area contributed by atoms with Crippen LogP contribution in [0.1, 0.15) is 36.0 Å². The maximum Gasteiger partial charge on any atom is 0.573 e. The molecule has 132 valence electrons. The molecular formula is C16H18F3NO4. The van der Waals surface area contributed by atoms with Crippen molar-refractivity contribution in [2.45, 2.75) is 32.0 Å². The lowest BCUT2D eigenvalue weighted by molar-refractivity contribution is -0.274. The molecule has 1 aromatic carbocycles. The van der Waals surface area contributed by atoms with Crippen molar-refractivity contribution in [1.82, 2.24) is 4.90 Å². The molecule has 1 saturated heterocycles. The number of amides is 1. The maximum absolute atomic E-state index is 12.1. The van der Waals surface area contributed by atoms with Crippen LogP contribution in [0.3, 0.4) is 0 Å². The van der Waals surface area contributed by atoms with E-state index in [1.54, 1.807) is 4.90 Å². The summed E-state index contributed by atoms with van der Waals surface area (Å²) in [4.78, 5) is 25.5. The zero-order valence-electron chi connectivity index (χ0n) is 13.0. The van der Waals surface area contributed by atoms with Crippen molar-refractivity contribution in [3.8, 4) is 5.75 Å². The van der Waals surface area contributed by atoms with Gasteiger partial charge in [0.2, 0.25) is 0 Å². The number of halogens is 3. The van der Waals surface area contributed by atoms with E-state index < -0.39 is 18.1 Å². The third-order valence-corrected chi connectivity index (χ3v) is 3.61. The molecule has 0 unspecified atom stereocenters. The van der Waals surface area contributed by atoms with Crippen LogP contribution >= 0.6 is 0 Å². The average Bonchev–Trinajstić information content (AvgIpc) is 2.80. The molecule has 0 spiro atoms. The summed E-state index contributed by atoms with van der Waals surface area (Å²) in [5.74, 6) is -1.46. The topological polar surface area (TPSA) is 55.8 Å². The van der Waals surface area contributed by atoms with E-state index in [1.807, 2.05) is 0 Å². The number of carbonyl (C=O) groups excluding carboxylic acids is 2. The molecule has 1 amide bonds. The summed E-state index contributed by atoms with van der Waals surface area (Å²) < 4.78 is 44.8. The molecule has 1 fully saturated rings. The van der Waals surface area contributed by atoms with E-state index in [4.69, 9.17) is 4.74 Å². The molecule has 24 heavy (non-hydrogen) atoms. The number of rotatable bonds is 4. The van der Waals surface area contributed by atoms with Crippen molar-refractivity contribution in [2.24, 2.45) is 0 Å². The highest BCUT2D eigenvalue weighted by molar-refractivity contribution is 5.91. The number of nitrogens with zero attached hydrogens (tertiary/aromatic N) is 1. The number of hydrogen-bond acceptors (Lipinski definition) is 4. The lowest BCUT2D eigenvalue weighted by atomic mass is 10.2. The third kappa shape index (κ3) is 5.75. The number of likely N-dealkylation sites (tertiary alicyclic amines) is 1. The second-order valence-electron chi connectivity index (χ2n) is 5.44. The van der Waals surface area contributed by atoms with E-state index in [-0.39, 0.29) is 18.1 Å². The highest BCUT2D eigenvalue weighted by Crippen LogP contribution is 2.22. The minimum Gasteiger partial charge on any atom is -0.452 e. The number of alkyl halides is 3. The molecule has 0 bridgehead atoms. The molecule has 0 atom stereocenters. The zero-order valence-corrected chi connectivity index (χ0v) is 13.0. The van der Waals surface area contributed by atoms with Gasteiger partial charge in [0.25, 0.3) is 5.91 Å². The summed E-state index contributed by atoms with van der Waals surface area (Å²) in [6, 6.07) is 4.33. The Hall–Kier alpha value is -2.25. The predicted octanol–water partition coefficient (Wildman–Crippen LogP) is 3.14. The summed E-state index contributed by atoms with van der Waals surface area (Å²) in [6.45, 7) is 0.930. The van der Waals surface area contributed by atoms with Gasteiger partial charge in [0.05, 0.1) is 5.56 Å². The second-order valence-corrected chi connectivity index (χ2v) is 5.44. The van der Waals surface area contributed by atoms with Crippen LogP contribution in [0.25, 0.3) is 0 Å². The SMILES string of the molecule is O=C(OCC(=O)N1CCCCCC1)c1ccc(OC(F)(F)F)cc1. The molecule has 8 heteroatoms. The van der Waals surface area contributed by atoms with Crippen molar-refractivity contribution < 1.29 is 32.2 Å². The van der Waals surface area contributed by atoms with E-state index in [1.165, 1.54) is 0 Å². The van der Waals surface area contributed by atoms with Crippen molar-refractivity contribution in [3.05, 3.63) is 29.8 Å². The Morgan fingerprint density at radius 3 is 2.12 bits per heavy atom. The summed E-state index contributed by atoms with van der Waals surface area (Å²) in [5, 5.41) is 0. The maximum atomic E-state index is 12.1. The van der Waals surface area contributed by atoms with Gasteiger partial charge in [0.1, 0.15) is 5.75 Å². The smallest absolute Gasteiger partial charge is 0.452 e. The molecule has 1 heterocycles.